The Morgan fingerprint density at radius 1 is 1.11 bits per heavy atom. The molecule has 0 spiro atoms. The van der Waals surface area contributed by atoms with E-state index in [2.05, 4.69) is 5.32 Å². The Kier molecular flexibility index (Phi) is 8.54. The highest BCUT2D eigenvalue weighted by Crippen LogP contribution is 2.37. The maximum Gasteiger partial charge on any atom is 0.341 e. The predicted molar refractivity (Wildman–Crippen MR) is 149 cm³/mol. The molecule has 0 aliphatic rings. The molecule has 1 amide bonds. The van der Waals surface area contributed by atoms with Gasteiger partial charge in [-0.2, -0.15) is 5.26 Å². The monoisotopic (exact) mass is 566 g/mol. The van der Waals surface area contributed by atoms with Gasteiger partial charge in [-0.25, -0.2) is 4.79 Å². The number of carbonyl (C=O) groups excluding carboxylic acids is 2. The number of methoxy groups -OCH3 is 1. The van der Waals surface area contributed by atoms with E-state index in [1.807, 2.05) is 6.07 Å². The molecule has 0 saturated heterocycles. The van der Waals surface area contributed by atoms with E-state index in [1.54, 1.807) is 74.0 Å². The van der Waals surface area contributed by atoms with Crippen molar-refractivity contribution in [3.05, 3.63) is 86.9 Å². The number of furan rings is 1. The first kappa shape index (κ1) is 27.0. The number of amides is 1. The van der Waals surface area contributed by atoms with E-state index in [1.165, 1.54) is 6.08 Å². The van der Waals surface area contributed by atoms with Crippen molar-refractivity contribution < 1.29 is 23.5 Å². The van der Waals surface area contributed by atoms with Crippen LogP contribution >= 0.6 is 34.5 Å². The van der Waals surface area contributed by atoms with Gasteiger partial charge in [-0.05, 0) is 55.0 Å². The van der Waals surface area contributed by atoms with Gasteiger partial charge in [0, 0.05) is 27.6 Å². The van der Waals surface area contributed by atoms with Crippen molar-refractivity contribution in [2.45, 2.75) is 6.92 Å². The summed E-state index contributed by atoms with van der Waals surface area (Å²) in [6.45, 7) is 1.85. The van der Waals surface area contributed by atoms with Gasteiger partial charge in [0.25, 0.3) is 5.91 Å². The molecule has 38 heavy (non-hydrogen) atoms. The molecule has 2 heterocycles. The van der Waals surface area contributed by atoms with E-state index in [-0.39, 0.29) is 28.5 Å². The average molecular weight is 567 g/mol. The first-order chi connectivity index (χ1) is 18.3. The second-order valence-electron chi connectivity index (χ2n) is 7.75. The summed E-state index contributed by atoms with van der Waals surface area (Å²) in [6.07, 6.45) is 1.30. The fourth-order valence-electron chi connectivity index (χ4n) is 3.56. The van der Waals surface area contributed by atoms with Crippen molar-refractivity contribution in [2.75, 3.05) is 19.0 Å². The number of nitriles is 1. The zero-order valence-corrected chi connectivity index (χ0v) is 22.5. The first-order valence-electron chi connectivity index (χ1n) is 11.3. The largest absolute Gasteiger partial charge is 0.497 e. The summed E-state index contributed by atoms with van der Waals surface area (Å²) in [5.41, 5.74) is 1.87. The molecule has 1 N–H and O–H groups in total. The van der Waals surface area contributed by atoms with E-state index in [9.17, 15) is 14.9 Å². The molecule has 7 nitrogen and oxygen atoms in total. The van der Waals surface area contributed by atoms with E-state index >= 15 is 0 Å². The Morgan fingerprint density at radius 3 is 2.55 bits per heavy atom. The molecular weight excluding hydrogens is 547 g/mol. The second kappa shape index (κ2) is 12.0. The van der Waals surface area contributed by atoms with Gasteiger partial charge in [-0.1, -0.05) is 35.3 Å². The zero-order valence-electron chi connectivity index (χ0n) is 20.2. The lowest BCUT2D eigenvalue weighted by Gasteiger charge is -2.09. The molecule has 0 aliphatic carbocycles. The van der Waals surface area contributed by atoms with Crippen molar-refractivity contribution in [2.24, 2.45) is 0 Å². The summed E-state index contributed by atoms with van der Waals surface area (Å²) in [5.74, 6) is 0.0518. The molecule has 10 heteroatoms. The first-order valence-corrected chi connectivity index (χ1v) is 12.9. The van der Waals surface area contributed by atoms with Crippen LogP contribution in [-0.4, -0.2) is 25.6 Å². The SMILES string of the molecule is CCOC(=O)c1c(-c2ccc(OC)cc2)csc1NC(=O)C(C#N)=Cc1ccc(-c2cc(Cl)ccc2Cl)o1. The Morgan fingerprint density at radius 2 is 1.87 bits per heavy atom. The summed E-state index contributed by atoms with van der Waals surface area (Å²) >= 11 is 13.5. The third-order valence-electron chi connectivity index (χ3n) is 5.37. The van der Waals surface area contributed by atoms with E-state index in [0.717, 1.165) is 16.9 Å². The van der Waals surface area contributed by atoms with Gasteiger partial charge in [0.2, 0.25) is 0 Å². The van der Waals surface area contributed by atoms with Gasteiger partial charge in [0.1, 0.15) is 39.5 Å². The summed E-state index contributed by atoms with van der Waals surface area (Å²) < 4.78 is 16.2. The van der Waals surface area contributed by atoms with E-state index in [4.69, 9.17) is 37.1 Å². The number of ether oxygens (including phenoxy) is 2. The number of hydrogen-bond acceptors (Lipinski definition) is 7. The van der Waals surface area contributed by atoms with Gasteiger partial charge >= 0.3 is 5.97 Å². The molecule has 0 saturated carbocycles. The third kappa shape index (κ3) is 5.92. The van der Waals surface area contributed by atoms with Crippen LogP contribution < -0.4 is 10.1 Å². The van der Waals surface area contributed by atoms with Crippen LogP contribution in [0.5, 0.6) is 5.75 Å². The maximum absolute atomic E-state index is 13.0. The number of halogens is 2. The fourth-order valence-corrected chi connectivity index (χ4v) is 4.90. The summed E-state index contributed by atoms with van der Waals surface area (Å²) in [7, 11) is 1.56. The highest BCUT2D eigenvalue weighted by Gasteiger charge is 2.24. The molecule has 0 bridgehead atoms. The molecule has 192 valence electrons. The van der Waals surface area contributed by atoms with Gasteiger partial charge in [-0.3, -0.25) is 4.79 Å². The number of thiophene rings is 1. The highest BCUT2D eigenvalue weighted by molar-refractivity contribution is 7.15. The fraction of sp³-hybridized carbons (Fsp3) is 0.107. The van der Waals surface area contributed by atoms with Crippen molar-refractivity contribution in [1.29, 1.82) is 5.26 Å². The number of carbonyl (C=O) groups is 2. The van der Waals surface area contributed by atoms with Gasteiger partial charge in [-0.15, -0.1) is 11.3 Å². The van der Waals surface area contributed by atoms with Crippen LogP contribution in [0.3, 0.4) is 0 Å². The average Bonchev–Trinajstić information content (AvgIpc) is 3.56. The smallest absolute Gasteiger partial charge is 0.341 e. The summed E-state index contributed by atoms with van der Waals surface area (Å²) in [4.78, 5) is 25.9. The number of esters is 1. The lowest BCUT2D eigenvalue weighted by atomic mass is 10.0. The molecule has 2 aromatic heterocycles. The van der Waals surface area contributed by atoms with Gasteiger partial charge < -0.3 is 19.2 Å². The van der Waals surface area contributed by atoms with Crippen molar-refractivity contribution in [3.63, 3.8) is 0 Å². The number of nitrogens with one attached hydrogen (secondary N) is 1. The van der Waals surface area contributed by atoms with Gasteiger partial charge in [0.05, 0.1) is 18.7 Å². The summed E-state index contributed by atoms with van der Waals surface area (Å²) in [5, 5.41) is 15.3. The molecule has 0 unspecified atom stereocenters. The minimum absolute atomic E-state index is 0.158. The number of benzene rings is 2. The number of nitrogens with zero attached hydrogens (tertiary/aromatic N) is 1. The Labute approximate surface area is 232 Å². The topological polar surface area (TPSA) is 102 Å². The highest BCUT2D eigenvalue weighted by atomic mass is 35.5. The second-order valence-corrected chi connectivity index (χ2v) is 9.48. The van der Waals surface area contributed by atoms with E-state index < -0.39 is 11.9 Å². The molecule has 4 aromatic rings. The van der Waals surface area contributed by atoms with Crippen LogP contribution in [0.4, 0.5) is 5.00 Å². The minimum atomic E-state index is -0.708. The van der Waals surface area contributed by atoms with E-state index in [0.29, 0.717) is 32.7 Å². The lowest BCUT2D eigenvalue weighted by molar-refractivity contribution is -0.112. The summed E-state index contributed by atoms with van der Waals surface area (Å²) in [6, 6.07) is 17.2. The van der Waals surface area contributed by atoms with Crippen LogP contribution in [0.25, 0.3) is 28.5 Å². The van der Waals surface area contributed by atoms with Crippen molar-refractivity contribution in [1.82, 2.24) is 0 Å². The maximum atomic E-state index is 13.0. The molecule has 0 atom stereocenters. The number of hydrogen-bond donors (Lipinski definition) is 1. The Balaban J connectivity index is 1.62. The molecule has 4 rings (SSSR count). The Bertz CT molecular complexity index is 1560. The quantitative estimate of drug-likeness (QED) is 0.133. The van der Waals surface area contributed by atoms with Crippen LogP contribution in [0.2, 0.25) is 10.0 Å². The standard InChI is InChI=1S/C28H20Cl2N2O5S/c1-3-36-28(34)25-22(16-4-7-19(35-2)8-5-16)15-38-27(25)32-26(33)17(14-31)12-20-9-11-24(37-20)21-13-18(29)6-10-23(21)30/h4-13,15H,3H2,1-2H3,(H,32,33). The van der Waals surface area contributed by atoms with Gasteiger partial charge in [0.15, 0.2) is 0 Å². The predicted octanol–water partition coefficient (Wildman–Crippen LogP) is 7.71. The zero-order chi connectivity index (χ0) is 27.2. The van der Waals surface area contributed by atoms with Crippen LogP contribution in [-0.2, 0) is 9.53 Å². The molecule has 2 aromatic carbocycles. The molecule has 0 fully saturated rings. The van der Waals surface area contributed by atoms with Crippen molar-refractivity contribution in [3.8, 4) is 34.3 Å². The van der Waals surface area contributed by atoms with Crippen LogP contribution in [0, 0.1) is 11.3 Å². The third-order valence-corrected chi connectivity index (χ3v) is 6.83. The minimum Gasteiger partial charge on any atom is -0.497 e. The molecule has 0 aliphatic heterocycles. The lowest BCUT2D eigenvalue weighted by Crippen LogP contribution is -2.16. The Hall–Kier alpha value is -4.03. The van der Waals surface area contributed by atoms with Crippen molar-refractivity contribution >= 4 is 57.5 Å². The van der Waals surface area contributed by atoms with Crippen LogP contribution in [0.15, 0.2) is 70.0 Å². The normalized spacial score (nSPS) is 11.1. The molecular formula is C28H20Cl2N2O5S. The number of anilines is 1. The molecule has 0 radical (unpaired) electrons. The number of rotatable bonds is 8. The van der Waals surface area contributed by atoms with Crippen LogP contribution in [0.1, 0.15) is 23.0 Å².